The number of hydrogen-bond donors (Lipinski definition) is 2. The van der Waals surface area contributed by atoms with Crippen molar-refractivity contribution in [1.82, 2.24) is 5.32 Å². The van der Waals surface area contributed by atoms with Gasteiger partial charge in [0.1, 0.15) is 11.5 Å². The highest BCUT2D eigenvalue weighted by Gasteiger charge is 2.45. The summed E-state index contributed by atoms with van der Waals surface area (Å²) >= 11 is 12.6. The third kappa shape index (κ3) is 4.95. The van der Waals surface area contributed by atoms with Crippen LogP contribution in [0.1, 0.15) is 22.3 Å². The summed E-state index contributed by atoms with van der Waals surface area (Å²) in [5.41, 5.74) is 1.33. The molecule has 0 radical (unpaired) electrons. The van der Waals surface area contributed by atoms with E-state index in [0.717, 1.165) is 16.7 Å². The number of amides is 1. The molecule has 0 spiro atoms. The van der Waals surface area contributed by atoms with Gasteiger partial charge < -0.3 is 10.4 Å². The monoisotopic (exact) mass is 503 g/mol. The summed E-state index contributed by atoms with van der Waals surface area (Å²) in [6.45, 7) is 0. The molecule has 35 heavy (non-hydrogen) atoms. The molecule has 1 atom stereocenters. The second kappa shape index (κ2) is 10.8. The summed E-state index contributed by atoms with van der Waals surface area (Å²) in [5.74, 6) is -1.64. The fourth-order valence-electron chi connectivity index (χ4n) is 4.36. The molecule has 0 saturated heterocycles. The van der Waals surface area contributed by atoms with Crippen LogP contribution < -0.4 is 5.32 Å². The fraction of sp³-hybridized carbons (Fsp3) is 0.103. The minimum Gasteiger partial charge on any atom is -0.480 e. The van der Waals surface area contributed by atoms with Crippen LogP contribution in [0.15, 0.2) is 109 Å². The Bertz CT molecular complexity index is 1190. The number of aliphatic carboxylic acids is 1. The molecule has 0 heterocycles. The van der Waals surface area contributed by atoms with E-state index in [-0.39, 0.29) is 6.42 Å². The number of carboxylic acid groups (broad SMARTS) is 1. The van der Waals surface area contributed by atoms with Crippen molar-refractivity contribution in [3.8, 4) is 0 Å². The first-order valence-electron chi connectivity index (χ1n) is 11.1. The topological polar surface area (TPSA) is 66.4 Å². The molecular weight excluding hydrogens is 481 g/mol. The first-order valence-corrected chi connectivity index (χ1v) is 11.8. The van der Waals surface area contributed by atoms with E-state index < -0.39 is 23.3 Å². The molecule has 0 unspecified atom stereocenters. The van der Waals surface area contributed by atoms with Gasteiger partial charge in [-0.25, -0.2) is 4.79 Å². The van der Waals surface area contributed by atoms with Crippen molar-refractivity contribution < 1.29 is 14.7 Å². The van der Waals surface area contributed by atoms with Crippen LogP contribution in [-0.4, -0.2) is 23.0 Å². The van der Waals surface area contributed by atoms with E-state index in [1.807, 2.05) is 91.0 Å². The third-order valence-electron chi connectivity index (χ3n) is 6.03. The highest BCUT2D eigenvalue weighted by molar-refractivity contribution is 6.36. The number of carbonyl (C=O) groups is 2. The molecule has 0 saturated carbocycles. The predicted molar refractivity (Wildman–Crippen MR) is 139 cm³/mol. The standard InChI is InChI=1S/C29H23Cl2NO3/c30-24-17-10-18-25(31)23(24)19-26(27(33)34)32-28(35)29(20-11-4-1-5-12-20,21-13-6-2-7-14-21)22-15-8-3-9-16-22/h1-18,26H,19H2,(H,32,35)(H,33,34)/t26-/m0/s1. The van der Waals surface area contributed by atoms with Gasteiger partial charge in [0.15, 0.2) is 0 Å². The molecule has 0 aliphatic heterocycles. The zero-order valence-electron chi connectivity index (χ0n) is 18.7. The average Bonchev–Trinajstić information content (AvgIpc) is 2.88. The van der Waals surface area contributed by atoms with Crippen LogP contribution in [0.2, 0.25) is 10.0 Å². The average molecular weight is 504 g/mol. The molecule has 1 amide bonds. The zero-order chi connectivity index (χ0) is 24.8. The molecule has 0 bridgehead atoms. The molecular formula is C29H23Cl2NO3. The maximum Gasteiger partial charge on any atom is 0.326 e. The van der Waals surface area contributed by atoms with E-state index in [1.54, 1.807) is 18.2 Å². The summed E-state index contributed by atoms with van der Waals surface area (Å²) in [6.07, 6.45) is -0.0615. The number of halogens is 2. The van der Waals surface area contributed by atoms with E-state index in [2.05, 4.69) is 5.32 Å². The Balaban J connectivity index is 1.86. The first-order chi connectivity index (χ1) is 16.9. The molecule has 4 aromatic rings. The van der Waals surface area contributed by atoms with Gasteiger partial charge in [0.05, 0.1) is 0 Å². The number of rotatable bonds is 8. The minimum absolute atomic E-state index is 0.0615. The molecule has 6 heteroatoms. The predicted octanol–water partition coefficient (Wildman–Crippen LogP) is 6.14. The van der Waals surface area contributed by atoms with E-state index in [9.17, 15) is 14.7 Å². The number of carbonyl (C=O) groups excluding carboxylic acids is 1. The van der Waals surface area contributed by atoms with Crippen LogP contribution in [-0.2, 0) is 21.4 Å². The summed E-state index contributed by atoms with van der Waals surface area (Å²) in [5, 5.41) is 13.5. The Morgan fingerprint density at radius 3 is 1.46 bits per heavy atom. The molecule has 0 fully saturated rings. The second-order valence-corrected chi connectivity index (χ2v) is 8.93. The summed E-state index contributed by atoms with van der Waals surface area (Å²) in [7, 11) is 0. The van der Waals surface area contributed by atoms with E-state index in [4.69, 9.17) is 23.2 Å². The first kappa shape index (κ1) is 24.5. The lowest BCUT2D eigenvalue weighted by Crippen LogP contribution is -2.52. The van der Waals surface area contributed by atoms with Crippen molar-refractivity contribution in [2.45, 2.75) is 17.9 Å². The lowest BCUT2D eigenvalue weighted by atomic mass is 9.68. The molecule has 2 N–H and O–H groups in total. The maximum absolute atomic E-state index is 14.3. The van der Waals surface area contributed by atoms with Gasteiger partial charge in [-0.15, -0.1) is 0 Å². The van der Waals surface area contributed by atoms with E-state index >= 15 is 0 Å². The van der Waals surface area contributed by atoms with E-state index in [0.29, 0.717) is 15.6 Å². The van der Waals surface area contributed by atoms with Crippen LogP contribution in [0.3, 0.4) is 0 Å². The lowest BCUT2D eigenvalue weighted by Gasteiger charge is -2.35. The summed E-state index contributed by atoms with van der Waals surface area (Å²) in [6, 6.07) is 31.8. The molecule has 176 valence electrons. The number of hydrogen-bond acceptors (Lipinski definition) is 2. The third-order valence-corrected chi connectivity index (χ3v) is 6.74. The van der Waals surface area contributed by atoms with Crippen molar-refractivity contribution in [2.75, 3.05) is 0 Å². The second-order valence-electron chi connectivity index (χ2n) is 8.12. The van der Waals surface area contributed by atoms with Crippen LogP contribution >= 0.6 is 23.2 Å². The van der Waals surface area contributed by atoms with Gasteiger partial charge in [0.2, 0.25) is 5.91 Å². The van der Waals surface area contributed by atoms with Gasteiger partial charge in [-0.05, 0) is 34.4 Å². The van der Waals surface area contributed by atoms with Gasteiger partial charge in [0, 0.05) is 16.5 Å². The smallest absolute Gasteiger partial charge is 0.326 e. The highest BCUT2D eigenvalue weighted by Crippen LogP contribution is 2.40. The SMILES string of the molecule is O=C(O)[C@H](Cc1c(Cl)cccc1Cl)NC(=O)C(c1ccccc1)(c1ccccc1)c1ccccc1. The van der Waals surface area contributed by atoms with Gasteiger partial charge >= 0.3 is 5.97 Å². The Morgan fingerprint density at radius 1 is 0.686 bits per heavy atom. The van der Waals surface area contributed by atoms with Gasteiger partial charge in [-0.2, -0.15) is 0 Å². The summed E-state index contributed by atoms with van der Waals surface area (Å²) in [4.78, 5) is 26.6. The Kier molecular flexibility index (Phi) is 7.54. The van der Waals surface area contributed by atoms with Crippen molar-refractivity contribution in [2.24, 2.45) is 0 Å². The molecule has 0 aliphatic rings. The van der Waals surface area contributed by atoms with Crippen molar-refractivity contribution in [1.29, 1.82) is 0 Å². The lowest BCUT2D eigenvalue weighted by molar-refractivity contribution is -0.142. The van der Waals surface area contributed by atoms with Crippen LogP contribution in [0, 0.1) is 0 Å². The van der Waals surface area contributed by atoms with Crippen LogP contribution in [0.25, 0.3) is 0 Å². The van der Waals surface area contributed by atoms with E-state index in [1.165, 1.54) is 0 Å². The Hall–Kier alpha value is -3.60. The maximum atomic E-state index is 14.3. The highest BCUT2D eigenvalue weighted by atomic mass is 35.5. The van der Waals surface area contributed by atoms with Gasteiger partial charge in [0.25, 0.3) is 0 Å². The zero-order valence-corrected chi connectivity index (χ0v) is 20.2. The van der Waals surface area contributed by atoms with Crippen molar-refractivity contribution in [3.63, 3.8) is 0 Å². The largest absolute Gasteiger partial charge is 0.480 e. The normalized spacial score (nSPS) is 12.1. The molecule has 4 aromatic carbocycles. The van der Waals surface area contributed by atoms with Crippen LogP contribution in [0.5, 0.6) is 0 Å². The molecule has 4 nitrogen and oxygen atoms in total. The van der Waals surface area contributed by atoms with Crippen LogP contribution in [0.4, 0.5) is 0 Å². The fourth-order valence-corrected chi connectivity index (χ4v) is 4.91. The molecule has 4 rings (SSSR count). The summed E-state index contributed by atoms with van der Waals surface area (Å²) < 4.78 is 0. The molecule has 0 aromatic heterocycles. The Morgan fingerprint density at radius 2 is 1.09 bits per heavy atom. The van der Waals surface area contributed by atoms with Gasteiger partial charge in [-0.1, -0.05) is 120 Å². The number of nitrogens with one attached hydrogen (secondary N) is 1. The quantitative estimate of drug-likeness (QED) is 0.284. The van der Waals surface area contributed by atoms with Crippen molar-refractivity contribution >= 4 is 35.1 Å². The Labute approximate surface area is 214 Å². The molecule has 0 aliphatic carbocycles. The number of benzene rings is 4. The van der Waals surface area contributed by atoms with Crippen molar-refractivity contribution in [3.05, 3.63) is 141 Å². The minimum atomic E-state index is -1.29. The van der Waals surface area contributed by atoms with Gasteiger partial charge in [-0.3, -0.25) is 4.79 Å². The number of carboxylic acids is 1.